The van der Waals surface area contributed by atoms with Crippen LogP contribution in [0.15, 0.2) is 30.3 Å². The van der Waals surface area contributed by atoms with Gasteiger partial charge in [-0.2, -0.15) is 0 Å². The summed E-state index contributed by atoms with van der Waals surface area (Å²) in [4.78, 5) is 12.6. The molecule has 0 heterocycles. The van der Waals surface area contributed by atoms with Crippen molar-refractivity contribution in [3.05, 3.63) is 35.9 Å². The summed E-state index contributed by atoms with van der Waals surface area (Å²) in [6.07, 6.45) is 14.2. The van der Waals surface area contributed by atoms with Gasteiger partial charge in [-0.05, 0) is 99.0 Å². The number of hydrogen-bond donors (Lipinski definition) is 2. The van der Waals surface area contributed by atoms with E-state index in [1.54, 1.807) is 0 Å². The fourth-order valence-corrected chi connectivity index (χ4v) is 7.06. The lowest BCUT2D eigenvalue weighted by Gasteiger charge is -2.54. The normalized spacial score (nSPS) is 37.1. The van der Waals surface area contributed by atoms with Crippen LogP contribution in [-0.2, 0) is 10.2 Å². The first kappa shape index (κ1) is 20.9. The highest BCUT2D eigenvalue weighted by Crippen LogP contribution is 2.58. The number of nitrogens with two attached hydrogens (primary N) is 1. The van der Waals surface area contributed by atoms with Crippen LogP contribution in [0.2, 0.25) is 0 Å². The predicted molar refractivity (Wildman–Crippen MR) is 120 cm³/mol. The summed E-state index contributed by atoms with van der Waals surface area (Å²) in [5.74, 6) is 1.61. The van der Waals surface area contributed by atoms with Gasteiger partial charge in [-0.25, -0.2) is 0 Å². The highest BCUT2D eigenvalue weighted by atomic mass is 16.1. The first-order valence-corrected chi connectivity index (χ1v) is 12.1. The molecule has 2 bridgehead atoms. The Balaban J connectivity index is 1.34. The van der Waals surface area contributed by atoms with Gasteiger partial charge in [0.15, 0.2) is 0 Å². The van der Waals surface area contributed by atoms with Crippen molar-refractivity contribution in [2.24, 2.45) is 23.0 Å². The van der Waals surface area contributed by atoms with Gasteiger partial charge in [-0.3, -0.25) is 4.79 Å². The van der Waals surface area contributed by atoms with Crippen LogP contribution in [0.1, 0.15) is 89.5 Å². The SMILES string of the molecule is CC12CCCC(c3ccccc3)(CC(CCC(=O)N[C@H]3CC[C@H](CN)CC3)C1)C2. The number of hydrogen-bond acceptors (Lipinski definition) is 2. The van der Waals surface area contributed by atoms with Crippen LogP contribution in [0.5, 0.6) is 0 Å². The summed E-state index contributed by atoms with van der Waals surface area (Å²) in [5, 5.41) is 3.32. The molecule has 3 atom stereocenters. The van der Waals surface area contributed by atoms with E-state index in [0.717, 1.165) is 25.8 Å². The van der Waals surface area contributed by atoms with E-state index in [0.29, 0.717) is 35.1 Å². The zero-order valence-corrected chi connectivity index (χ0v) is 18.3. The van der Waals surface area contributed by atoms with Crippen LogP contribution in [0, 0.1) is 17.3 Å². The van der Waals surface area contributed by atoms with E-state index in [9.17, 15) is 4.79 Å². The van der Waals surface area contributed by atoms with Gasteiger partial charge in [0.2, 0.25) is 5.91 Å². The van der Waals surface area contributed by atoms with Gasteiger partial charge in [-0.15, -0.1) is 0 Å². The molecule has 3 nitrogen and oxygen atoms in total. The molecule has 0 spiro atoms. The highest BCUT2D eigenvalue weighted by Gasteiger charge is 2.49. The quantitative estimate of drug-likeness (QED) is 0.683. The summed E-state index contributed by atoms with van der Waals surface area (Å²) in [6.45, 7) is 3.30. The van der Waals surface area contributed by atoms with Gasteiger partial charge in [-0.1, -0.05) is 43.7 Å². The van der Waals surface area contributed by atoms with Gasteiger partial charge in [0, 0.05) is 12.5 Å². The Morgan fingerprint density at radius 1 is 1.07 bits per heavy atom. The minimum absolute atomic E-state index is 0.274. The van der Waals surface area contributed by atoms with E-state index in [2.05, 4.69) is 42.6 Å². The number of rotatable bonds is 6. The second kappa shape index (κ2) is 8.79. The third kappa shape index (κ3) is 4.87. The lowest BCUT2D eigenvalue weighted by Crippen LogP contribution is -2.45. The summed E-state index contributed by atoms with van der Waals surface area (Å²) in [6, 6.07) is 11.6. The lowest BCUT2D eigenvalue weighted by molar-refractivity contribution is -0.122. The molecular formula is C26H40N2O. The second-order valence-electron chi connectivity index (χ2n) is 10.8. The molecule has 1 aromatic rings. The molecule has 0 radical (unpaired) electrons. The van der Waals surface area contributed by atoms with Crippen molar-refractivity contribution in [2.75, 3.05) is 6.54 Å². The van der Waals surface area contributed by atoms with Crippen LogP contribution in [0.25, 0.3) is 0 Å². The van der Waals surface area contributed by atoms with Crippen molar-refractivity contribution in [1.82, 2.24) is 5.32 Å². The molecular weight excluding hydrogens is 356 g/mol. The van der Waals surface area contributed by atoms with E-state index in [1.807, 2.05) is 0 Å². The maximum Gasteiger partial charge on any atom is 0.220 e. The molecule has 3 aliphatic rings. The number of amides is 1. The molecule has 0 saturated heterocycles. The van der Waals surface area contributed by atoms with Crippen molar-refractivity contribution in [2.45, 2.75) is 95.4 Å². The number of nitrogens with one attached hydrogen (secondary N) is 1. The van der Waals surface area contributed by atoms with Crippen molar-refractivity contribution in [3.63, 3.8) is 0 Å². The third-order valence-electron chi connectivity index (χ3n) is 8.37. The molecule has 3 unspecified atom stereocenters. The summed E-state index contributed by atoms with van der Waals surface area (Å²) in [5.41, 5.74) is 8.13. The van der Waals surface area contributed by atoms with Crippen molar-refractivity contribution < 1.29 is 4.79 Å². The minimum Gasteiger partial charge on any atom is -0.353 e. The summed E-state index contributed by atoms with van der Waals surface area (Å²) < 4.78 is 0. The van der Waals surface area contributed by atoms with Crippen molar-refractivity contribution in [3.8, 4) is 0 Å². The highest BCUT2D eigenvalue weighted by molar-refractivity contribution is 5.76. The average molecular weight is 397 g/mol. The third-order valence-corrected chi connectivity index (χ3v) is 8.37. The summed E-state index contributed by atoms with van der Waals surface area (Å²) >= 11 is 0. The standard InChI is InChI=1S/C26H40N2O/c1-25-14-5-15-26(19-25,22-6-3-2-4-7-22)17-21(16-25)10-13-24(29)28-23-11-8-20(18-27)9-12-23/h2-4,6-7,20-21,23H,5,8-19,27H2,1H3,(H,28,29)/t20-,21?,23-,25?,26?. The minimum atomic E-state index is 0.274. The van der Waals surface area contributed by atoms with E-state index in [4.69, 9.17) is 5.73 Å². The van der Waals surface area contributed by atoms with Gasteiger partial charge >= 0.3 is 0 Å². The molecule has 3 fully saturated rings. The predicted octanol–water partition coefficient (Wildman–Crippen LogP) is 5.33. The first-order valence-electron chi connectivity index (χ1n) is 12.1. The molecule has 3 N–H and O–H groups in total. The molecule has 3 aliphatic carbocycles. The van der Waals surface area contributed by atoms with Crippen LogP contribution < -0.4 is 11.1 Å². The lowest BCUT2D eigenvalue weighted by atomic mass is 9.50. The largest absolute Gasteiger partial charge is 0.353 e. The maximum absolute atomic E-state index is 12.6. The Hall–Kier alpha value is -1.35. The Morgan fingerprint density at radius 3 is 2.55 bits per heavy atom. The van der Waals surface area contributed by atoms with Gasteiger partial charge in [0.1, 0.15) is 0 Å². The van der Waals surface area contributed by atoms with Crippen LogP contribution >= 0.6 is 0 Å². The van der Waals surface area contributed by atoms with E-state index < -0.39 is 0 Å². The monoisotopic (exact) mass is 396 g/mol. The molecule has 29 heavy (non-hydrogen) atoms. The average Bonchev–Trinajstić information content (AvgIpc) is 2.73. The summed E-state index contributed by atoms with van der Waals surface area (Å²) in [7, 11) is 0. The smallest absolute Gasteiger partial charge is 0.220 e. The Labute approximate surface area is 177 Å². The number of benzene rings is 1. The molecule has 0 aromatic heterocycles. The van der Waals surface area contributed by atoms with Crippen LogP contribution in [0.4, 0.5) is 0 Å². The Kier molecular flexibility index (Phi) is 6.34. The Bertz CT molecular complexity index is 681. The zero-order valence-electron chi connectivity index (χ0n) is 18.3. The molecule has 0 aliphatic heterocycles. The molecule has 1 aromatic carbocycles. The van der Waals surface area contributed by atoms with Crippen LogP contribution in [0.3, 0.4) is 0 Å². The van der Waals surface area contributed by atoms with Crippen molar-refractivity contribution in [1.29, 1.82) is 0 Å². The van der Waals surface area contributed by atoms with Gasteiger partial charge < -0.3 is 11.1 Å². The topological polar surface area (TPSA) is 55.1 Å². The van der Waals surface area contributed by atoms with Crippen molar-refractivity contribution >= 4 is 5.91 Å². The molecule has 1 amide bonds. The number of fused-ring (bicyclic) bond motifs is 2. The number of carbonyl (C=O) groups is 1. The molecule has 160 valence electrons. The van der Waals surface area contributed by atoms with E-state index >= 15 is 0 Å². The van der Waals surface area contributed by atoms with E-state index in [-0.39, 0.29) is 5.91 Å². The fourth-order valence-electron chi connectivity index (χ4n) is 7.06. The van der Waals surface area contributed by atoms with Gasteiger partial charge in [0.05, 0.1) is 0 Å². The first-order chi connectivity index (χ1) is 14.0. The van der Waals surface area contributed by atoms with E-state index in [1.165, 1.54) is 56.9 Å². The fraction of sp³-hybridized carbons (Fsp3) is 0.731. The molecule has 3 saturated carbocycles. The van der Waals surface area contributed by atoms with Crippen LogP contribution in [-0.4, -0.2) is 18.5 Å². The number of carbonyl (C=O) groups excluding carboxylic acids is 1. The molecule has 4 rings (SSSR count). The molecule has 3 heteroatoms. The maximum atomic E-state index is 12.6. The van der Waals surface area contributed by atoms with Gasteiger partial charge in [0.25, 0.3) is 0 Å². The Morgan fingerprint density at radius 2 is 1.83 bits per heavy atom. The zero-order chi connectivity index (χ0) is 20.3. The second-order valence-corrected chi connectivity index (χ2v) is 10.8.